The smallest absolute Gasteiger partial charge is 0.275 e. The molecule has 0 bridgehead atoms. The number of nitrogens with zero attached hydrogens (tertiary/aromatic N) is 4. The lowest BCUT2D eigenvalue weighted by atomic mass is 10.5. The molecule has 0 atom stereocenters. The Hall–Kier alpha value is -2.48. The van der Waals surface area contributed by atoms with Gasteiger partial charge in [-0.25, -0.2) is 15.0 Å². The van der Waals surface area contributed by atoms with Crippen LogP contribution < -0.4 is 16.4 Å². The predicted octanol–water partition coefficient (Wildman–Crippen LogP) is -0.331. The predicted molar refractivity (Wildman–Crippen MR) is 55.2 cm³/mol. The van der Waals surface area contributed by atoms with Crippen LogP contribution in [0.2, 0.25) is 0 Å². The van der Waals surface area contributed by atoms with Crippen molar-refractivity contribution >= 4 is 17.6 Å². The van der Waals surface area contributed by atoms with Gasteiger partial charge in [0.05, 0.1) is 6.20 Å². The van der Waals surface area contributed by atoms with Gasteiger partial charge in [0, 0.05) is 12.4 Å². The maximum atomic E-state index is 11.2. The van der Waals surface area contributed by atoms with E-state index in [1.54, 1.807) is 6.07 Å². The van der Waals surface area contributed by atoms with Crippen LogP contribution >= 0.6 is 0 Å². The Morgan fingerprint density at radius 1 is 1.31 bits per heavy atom. The zero-order chi connectivity index (χ0) is 11.5. The number of hydrogen-bond acceptors (Lipinski definition) is 7. The third kappa shape index (κ3) is 1.81. The van der Waals surface area contributed by atoms with Gasteiger partial charge in [0.25, 0.3) is 11.5 Å². The minimum Gasteiger partial charge on any atom is -0.393 e. The standard InChI is InChI=1S/C8H8N6O2/c9-5-4-12-8(13-6(5)15)14(16)7-10-2-1-3-11-7/h1-4,16H,9H2,(H,12,13,15). The highest BCUT2D eigenvalue weighted by Gasteiger charge is 2.11. The van der Waals surface area contributed by atoms with E-state index in [1.807, 2.05) is 0 Å². The molecule has 0 saturated heterocycles. The summed E-state index contributed by atoms with van der Waals surface area (Å²) in [7, 11) is 0. The molecule has 2 heterocycles. The first-order valence-electron chi connectivity index (χ1n) is 4.29. The van der Waals surface area contributed by atoms with Crippen molar-refractivity contribution in [1.82, 2.24) is 19.9 Å². The van der Waals surface area contributed by atoms with E-state index in [9.17, 15) is 10.0 Å². The minimum atomic E-state index is -0.542. The molecule has 0 fully saturated rings. The van der Waals surface area contributed by atoms with Crippen LogP contribution in [0.4, 0.5) is 17.6 Å². The van der Waals surface area contributed by atoms with Crippen LogP contribution in [0, 0.1) is 0 Å². The van der Waals surface area contributed by atoms with Gasteiger partial charge in [-0.05, 0) is 6.07 Å². The van der Waals surface area contributed by atoms with Gasteiger partial charge in [0.2, 0.25) is 5.95 Å². The minimum absolute atomic E-state index is 0.00424. The molecule has 0 aliphatic rings. The molecule has 82 valence electrons. The Morgan fingerprint density at radius 3 is 2.62 bits per heavy atom. The van der Waals surface area contributed by atoms with Gasteiger partial charge in [0.15, 0.2) is 0 Å². The molecule has 0 saturated carbocycles. The van der Waals surface area contributed by atoms with Crippen molar-refractivity contribution in [3.8, 4) is 0 Å². The first-order valence-corrected chi connectivity index (χ1v) is 4.29. The second-order valence-electron chi connectivity index (χ2n) is 2.85. The zero-order valence-corrected chi connectivity index (χ0v) is 8.03. The Labute approximate surface area is 89.4 Å². The Kier molecular flexibility index (Phi) is 2.48. The third-order valence-corrected chi connectivity index (χ3v) is 1.76. The van der Waals surface area contributed by atoms with Gasteiger partial charge in [-0.3, -0.25) is 15.0 Å². The van der Waals surface area contributed by atoms with Crippen molar-refractivity contribution < 1.29 is 5.21 Å². The van der Waals surface area contributed by atoms with E-state index in [0.717, 1.165) is 6.20 Å². The van der Waals surface area contributed by atoms with E-state index < -0.39 is 5.56 Å². The monoisotopic (exact) mass is 220 g/mol. The first-order chi connectivity index (χ1) is 7.68. The summed E-state index contributed by atoms with van der Waals surface area (Å²) in [5.74, 6) is -0.110. The normalized spacial score (nSPS) is 10.1. The molecule has 2 rings (SSSR count). The Bertz CT molecular complexity index is 540. The molecule has 0 aliphatic carbocycles. The molecule has 2 aromatic heterocycles. The molecule has 4 N–H and O–H groups in total. The lowest BCUT2D eigenvalue weighted by Crippen LogP contribution is -2.22. The summed E-state index contributed by atoms with van der Waals surface area (Å²) in [6.45, 7) is 0. The number of nitrogen functional groups attached to an aromatic ring is 1. The van der Waals surface area contributed by atoms with Crippen LogP contribution in [0.15, 0.2) is 29.5 Å². The molecule has 0 unspecified atom stereocenters. The summed E-state index contributed by atoms with van der Waals surface area (Å²) in [5, 5.41) is 10.2. The lowest BCUT2D eigenvalue weighted by molar-refractivity contribution is 0.287. The molecule has 8 nitrogen and oxygen atoms in total. The maximum absolute atomic E-state index is 11.2. The highest BCUT2D eigenvalue weighted by Crippen LogP contribution is 2.11. The van der Waals surface area contributed by atoms with Crippen LogP contribution in [0.1, 0.15) is 0 Å². The molecule has 16 heavy (non-hydrogen) atoms. The topological polar surface area (TPSA) is 121 Å². The van der Waals surface area contributed by atoms with Gasteiger partial charge < -0.3 is 5.73 Å². The third-order valence-electron chi connectivity index (χ3n) is 1.76. The number of rotatable bonds is 2. The molecule has 0 aliphatic heterocycles. The molecule has 0 radical (unpaired) electrons. The number of aromatic amines is 1. The number of H-pyrrole nitrogens is 1. The summed E-state index contributed by atoms with van der Waals surface area (Å²) in [6, 6.07) is 1.59. The molecule has 0 amide bonds. The largest absolute Gasteiger partial charge is 0.393 e. The van der Waals surface area contributed by atoms with E-state index in [4.69, 9.17) is 5.73 Å². The van der Waals surface area contributed by atoms with Gasteiger partial charge >= 0.3 is 0 Å². The number of anilines is 3. The van der Waals surface area contributed by atoms with Crippen LogP contribution in [0.3, 0.4) is 0 Å². The average molecular weight is 220 g/mol. The first kappa shape index (κ1) is 10.1. The van der Waals surface area contributed by atoms with Crippen molar-refractivity contribution in [3.63, 3.8) is 0 Å². The summed E-state index contributed by atoms with van der Waals surface area (Å²) in [6.07, 6.45) is 4.03. The van der Waals surface area contributed by atoms with E-state index in [1.165, 1.54) is 12.4 Å². The van der Waals surface area contributed by atoms with E-state index in [-0.39, 0.29) is 17.6 Å². The summed E-state index contributed by atoms with van der Waals surface area (Å²) >= 11 is 0. The van der Waals surface area contributed by atoms with Crippen molar-refractivity contribution in [2.24, 2.45) is 0 Å². The van der Waals surface area contributed by atoms with Crippen molar-refractivity contribution in [1.29, 1.82) is 0 Å². The molecule has 0 spiro atoms. The fourth-order valence-electron chi connectivity index (χ4n) is 0.998. The summed E-state index contributed by atoms with van der Waals surface area (Å²) in [4.78, 5) is 24.7. The van der Waals surface area contributed by atoms with Gasteiger partial charge in [-0.1, -0.05) is 0 Å². The summed E-state index contributed by atoms with van der Waals surface area (Å²) < 4.78 is 0. The quantitative estimate of drug-likeness (QED) is 0.592. The molecule has 0 aromatic carbocycles. The Morgan fingerprint density at radius 2 is 2.00 bits per heavy atom. The molecule has 8 heteroatoms. The number of hydrogen-bond donors (Lipinski definition) is 3. The molecular weight excluding hydrogens is 212 g/mol. The fraction of sp³-hybridized carbons (Fsp3) is 0. The van der Waals surface area contributed by atoms with Crippen LogP contribution in [-0.4, -0.2) is 25.1 Å². The average Bonchev–Trinajstić information content (AvgIpc) is 2.33. The highest BCUT2D eigenvalue weighted by molar-refractivity contribution is 5.44. The van der Waals surface area contributed by atoms with Crippen molar-refractivity contribution in [2.45, 2.75) is 0 Å². The van der Waals surface area contributed by atoms with E-state index in [2.05, 4.69) is 19.9 Å². The lowest BCUT2D eigenvalue weighted by Gasteiger charge is -2.11. The van der Waals surface area contributed by atoms with Crippen molar-refractivity contribution in [2.75, 3.05) is 10.8 Å². The zero-order valence-electron chi connectivity index (χ0n) is 8.03. The van der Waals surface area contributed by atoms with E-state index >= 15 is 0 Å². The maximum Gasteiger partial charge on any atom is 0.275 e. The Balaban J connectivity index is 2.38. The van der Waals surface area contributed by atoms with Crippen molar-refractivity contribution in [3.05, 3.63) is 35.0 Å². The molecule has 2 aromatic rings. The van der Waals surface area contributed by atoms with Gasteiger partial charge in [-0.15, -0.1) is 0 Å². The van der Waals surface area contributed by atoms with E-state index in [0.29, 0.717) is 5.06 Å². The van der Waals surface area contributed by atoms with Crippen LogP contribution in [-0.2, 0) is 0 Å². The highest BCUT2D eigenvalue weighted by atomic mass is 16.5. The number of nitrogens with one attached hydrogen (secondary N) is 1. The molecular formula is C8H8N6O2. The second kappa shape index (κ2) is 3.95. The number of aromatic nitrogens is 4. The van der Waals surface area contributed by atoms with Crippen LogP contribution in [0.5, 0.6) is 0 Å². The second-order valence-corrected chi connectivity index (χ2v) is 2.85. The van der Waals surface area contributed by atoms with Gasteiger partial charge in [0.1, 0.15) is 5.69 Å². The van der Waals surface area contributed by atoms with Gasteiger partial charge in [-0.2, -0.15) is 5.06 Å². The fourth-order valence-corrected chi connectivity index (χ4v) is 0.998. The SMILES string of the molecule is Nc1cnc(N(O)c2ncccn2)[nH]c1=O. The summed E-state index contributed by atoms with van der Waals surface area (Å²) in [5.41, 5.74) is 4.71. The van der Waals surface area contributed by atoms with Crippen LogP contribution in [0.25, 0.3) is 0 Å². The number of nitrogens with two attached hydrogens (primary N) is 1.